The van der Waals surface area contributed by atoms with Crippen molar-refractivity contribution in [3.63, 3.8) is 0 Å². The van der Waals surface area contributed by atoms with Crippen LogP contribution in [0.1, 0.15) is 19.8 Å². The van der Waals surface area contributed by atoms with E-state index in [1.54, 1.807) is 0 Å². The van der Waals surface area contributed by atoms with Gasteiger partial charge >= 0.3 is 0 Å². The van der Waals surface area contributed by atoms with E-state index in [1.165, 1.54) is 4.90 Å². The summed E-state index contributed by atoms with van der Waals surface area (Å²) >= 11 is 0. The highest BCUT2D eigenvalue weighted by Gasteiger charge is 2.43. The summed E-state index contributed by atoms with van der Waals surface area (Å²) in [5, 5.41) is 5.37. The Bertz CT molecular complexity index is 345. The van der Waals surface area contributed by atoms with Crippen molar-refractivity contribution < 1.29 is 14.4 Å². The molecule has 0 radical (unpaired) electrons. The third-order valence-electron chi connectivity index (χ3n) is 3.61. The molecular formula is C11H17N3O3. The highest BCUT2D eigenvalue weighted by Crippen LogP contribution is 2.31. The molecule has 0 aromatic rings. The molecule has 0 aliphatic carbocycles. The van der Waals surface area contributed by atoms with Gasteiger partial charge in [0.25, 0.3) is 0 Å². The fourth-order valence-corrected chi connectivity index (χ4v) is 2.50. The molecule has 1 unspecified atom stereocenters. The van der Waals surface area contributed by atoms with Crippen molar-refractivity contribution in [2.75, 3.05) is 26.2 Å². The number of imide groups is 1. The number of hydrogen-bond donors (Lipinski definition) is 2. The number of rotatable bonds is 2. The zero-order valence-electron chi connectivity index (χ0n) is 9.91. The maximum absolute atomic E-state index is 12.4. The van der Waals surface area contributed by atoms with Crippen LogP contribution in [0.5, 0.6) is 0 Å². The Morgan fingerprint density at radius 3 is 2.47 bits per heavy atom. The predicted octanol–water partition coefficient (Wildman–Crippen LogP) is -1.14. The van der Waals surface area contributed by atoms with Gasteiger partial charge in [0.1, 0.15) is 13.1 Å². The fourth-order valence-electron chi connectivity index (χ4n) is 2.50. The van der Waals surface area contributed by atoms with E-state index in [-0.39, 0.29) is 19.0 Å². The van der Waals surface area contributed by atoms with Gasteiger partial charge in [-0.25, -0.2) is 0 Å². The zero-order chi connectivity index (χ0) is 12.5. The van der Waals surface area contributed by atoms with E-state index in [4.69, 9.17) is 0 Å². The van der Waals surface area contributed by atoms with E-state index in [1.807, 2.05) is 6.92 Å². The molecular weight excluding hydrogens is 222 g/mol. The number of nitrogens with zero attached hydrogens (tertiary/aromatic N) is 1. The Balaban J connectivity index is 2.13. The first kappa shape index (κ1) is 12.0. The number of nitrogens with one attached hydrogen (secondary N) is 2. The molecule has 0 spiro atoms. The predicted molar refractivity (Wildman–Crippen MR) is 59.9 cm³/mol. The van der Waals surface area contributed by atoms with Crippen molar-refractivity contribution >= 4 is 17.7 Å². The molecule has 2 saturated heterocycles. The van der Waals surface area contributed by atoms with Crippen LogP contribution >= 0.6 is 0 Å². The van der Waals surface area contributed by atoms with E-state index >= 15 is 0 Å². The van der Waals surface area contributed by atoms with Gasteiger partial charge < -0.3 is 10.2 Å². The van der Waals surface area contributed by atoms with Crippen molar-refractivity contribution in [2.24, 2.45) is 5.41 Å². The van der Waals surface area contributed by atoms with Crippen molar-refractivity contribution in [3.05, 3.63) is 0 Å². The molecule has 17 heavy (non-hydrogen) atoms. The maximum atomic E-state index is 12.4. The van der Waals surface area contributed by atoms with E-state index in [0.717, 1.165) is 19.4 Å². The second-order valence-corrected chi connectivity index (χ2v) is 4.69. The summed E-state index contributed by atoms with van der Waals surface area (Å²) in [4.78, 5) is 36.3. The number of hydrogen-bond acceptors (Lipinski definition) is 4. The summed E-state index contributed by atoms with van der Waals surface area (Å²) in [5.74, 6) is -0.869. The second-order valence-electron chi connectivity index (χ2n) is 4.69. The lowest BCUT2D eigenvalue weighted by atomic mass is 9.82. The van der Waals surface area contributed by atoms with Crippen molar-refractivity contribution in [1.82, 2.24) is 15.5 Å². The van der Waals surface area contributed by atoms with Gasteiger partial charge in [-0.05, 0) is 19.4 Å². The van der Waals surface area contributed by atoms with Gasteiger partial charge in [-0.3, -0.25) is 19.7 Å². The first-order chi connectivity index (χ1) is 8.07. The van der Waals surface area contributed by atoms with Crippen LogP contribution in [0, 0.1) is 5.41 Å². The second kappa shape index (κ2) is 4.44. The van der Waals surface area contributed by atoms with Crippen LogP contribution in [0.2, 0.25) is 0 Å². The number of carbonyl (C=O) groups is 3. The third kappa shape index (κ3) is 2.17. The molecule has 0 bridgehead atoms. The largest absolute Gasteiger partial charge is 0.324 e. The maximum Gasteiger partial charge on any atom is 0.246 e. The smallest absolute Gasteiger partial charge is 0.246 e. The minimum atomic E-state index is -0.433. The molecule has 0 saturated carbocycles. The zero-order valence-corrected chi connectivity index (χ0v) is 9.91. The van der Waals surface area contributed by atoms with Crippen LogP contribution in [0.25, 0.3) is 0 Å². The lowest BCUT2D eigenvalue weighted by Crippen LogP contribution is -2.57. The average molecular weight is 239 g/mol. The average Bonchev–Trinajstić information content (AvgIpc) is 2.76. The normalized spacial score (nSPS) is 29.4. The monoisotopic (exact) mass is 239 g/mol. The molecule has 2 aliphatic heterocycles. The van der Waals surface area contributed by atoms with Gasteiger partial charge in [-0.2, -0.15) is 0 Å². The molecule has 0 aromatic carbocycles. The Hall–Kier alpha value is -1.43. The Labute approximate surface area is 99.7 Å². The van der Waals surface area contributed by atoms with Crippen LogP contribution in [0.15, 0.2) is 0 Å². The van der Waals surface area contributed by atoms with E-state index in [9.17, 15) is 14.4 Å². The van der Waals surface area contributed by atoms with E-state index in [0.29, 0.717) is 6.54 Å². The molecule has 94 valence electrons. The lowest BCUT2D eigenvalue weighted by molar-refractivity contribution is -0.151. The van der Waals surface area contributed by atoms with E-state index in [2.05, 4.69) is 10.6 Å². The Morgan fingerprint density at radius 2 is 2.00 bits per heavy atom. The Morgan fingerprint density at radius 1 is 1.35 bits per heavy atom. The molecule has 2 fully saturated rings. The van der Waals surface area contributed by atoms with Gasteiger partial charge in [0.2, 0.25) is 17.7 Å². The van der Waals surface area contributed by atoms with Crippen LogP contribution < -0.4 is 10.6 Å². The third-order valence-corrected chi connectivity index (χ3v) is 3.61. The summed E-state index contributed by atoms with van der Waals surface area (Å²) in [5.41, 5.74) is -0.433. The number of piperazine rings is 1. The molecule has 0 aromatic heterocycles. The number of carbonyl (C=O) groups excluding carboxylic acids is 3. The van der Waals surface area contributed by atoms with Crippen molar-refractivity contribution in [3.8, 4) is 0 Å². The molecule has 6 heteroatoms. The fraction of sp³-hybridized carbons (Fsp3) is 0.727. The summed E-state index contributed by atoms with van der Waals surface area (Å²) in [6, 6.07) is 0. The highest BCUT2D eigenvalue weighted by molar-refractivity contribution is 6.03. The van der Waals surface area contributed by atoms with Crippen molar-refractivity contribution in [1.29, 1.82) is 0 Å². The molecule has 6 nitrogen and oxygen atoms in total. The lowest BCUT2D eigenvalue weighted by Gasteiger charge is -2.34. The molecule has 2 heterocycles. The molecule has 2 N–H and O–H groups in total. The van der Waals surface area contributed by atoms with Crippen LogP contribution in [0.4, 0.5) is 0 Å². The first-order valence-corrected chi connectivity index (χ1v) is 5.90. The van der Waals surface area contributed by atoms with Crippen LogP contribution in [-0.4, -0.2) is 48.8 Å². The van der Waals surface area contributed by atoms with Gasteiger partial charge in [0, 0.05) is 6.54 Å². The summed E-state index contributed by atoms with van der Waals surface area (Å²) in [6.07, 6.45) is 1.50. The SMILES string of the molecule is CCC1(C(=O)N2CC(=O)NC(=O)C2)CCNC1. The van der Waals surface area contributed by atoms with Gasteiger partial charge in [0.05, 0.1) is 5.41 Å². The standard InChI is InChI=1S/C11H17N3O3/c1-2-11(3-4-12-7-11)10(17)14-5-8(15)13-9(16)6-14/h12H,2-7H2,1H3,(H,13,15,16). The Kier molecular flexibility index (Phi) is 3.15. The topological polar surface area (TPSA) is 78.5 Å². The van der Waals surface area contributed by atoms with E-state index < -0.39 is 17.2 Å². The van der Waals surface area contributed by atoms with Gasteiger partial charge in [-0.1, -0.05) is 6.92 Å². The van der Waals surface area contributed by atoms with Crippen molar-refractivity contribution in [2.45, 2.75) is 19.8 Å². The first-order valence-electron chi connectivity index (χ1n) is 5.90. The summed E-state index contributed by atoms with van der Waals surface area (Å²) < 4.78 is 0. The number of amides is 3. The minimum absolute atomic E-state index is 0.00762. The summed E-state index contributed by atoms with van der Waals surface area (Å²) in [7, 11) is 0. The molecule has 2 rings (SSSR count). The van der Waals surface area contributed by atoms with Gasteiger partial charge in [0.15, 0.2) is 0 Å². The quantitative estimate of drug-likeness (QED) is 0.597. The molecule has 3 amide bonds. The summed E-state index contributed by atoms with van der Waals surface area (Å²) in [6.45, 7) is 3.40. The van der Waals surface area contributed by atoms with Crippen LogP contribution in [-0.2, 0) is 14.4 Å². The highest BCUT2D eigenvalue weighted by atomic mass is 16.2. The van der Waals surface area contributed by atoms with Crippen LogP contribution in [0.3, 0.4) is 0 Å². The molecule has 2 aliphatic rings. The minimum Gasteiger partial charge on any atom is -0.324 e. The van der Waals surface area contributed by atoms with Gasteiger partial charge in [-0.15, -0.1) is 0 Å². The molecule has 1 atom stereocenters.